The molecule has 0 bridgehead atoms. The number of nitriles is 1. The molecule has 0 unspecified atom stereocenters. The van der Waals surface area contributed by atoms with Crippen molar-refractivity contribution in [2.75, 3.05) is 13.2 Å². The number of hydrazone groups is 1. The van der Waals surface area contributed by atoms with Crippen molar-refractivity contribution in [1.82, 2.24) is 5.01 Å². The van der Waals surface area contributed by atoms with Gasteiger partial charge in [0.1, 0.15) is 24.0 Å². The number of benzene rings is 2. The Morgan fingerprint density at radius 2 is 1.92 bits per heavy atom. The highest BCUT2D eigenvalue weighted by Gasteiger charge is 2.19. The quantitative estimate of drug-likeness (QED) is 0.746. The van der Waals surface area contributed by atoms with Crippen molar-refractivity contribution in [2.45, 2.75) is 13.0 Å². The molecule has 0 atom stereocenters. The fourth-order valence-corrected chi connectivity index (χ4v) is 2.50. The summed E-state index contributed by atoms with van der Waals surface area (Å²) < 4.78 is 11.4. The normalized spacial score (nSPS) is 13.6. The largest absolute Gasteiger partial charge is 0.489 e. The lowest BCUT2D eigenvalue weighted by molar-refractivity contribution is 0.293. The first-order valence-corrected chi connectivity index (χ1v) is 8.33. The van der Waals surface area contributed by atoms with Gasteiger partial charge < -0.3 is 9.47 Å². The van der Waals surface area contributed by atoms with E-state index in [0.29, 0.717) is 37.1 Å². The molecule has 0 fully saturated rings. The minimum Gasteiger partial charge on any atom is -0.489 e. The molecule has 5 nitrogen and oxygen atoms in total. The zero-order chi connectivity index (χ0) is 17.5. The average Bonchev–Trinajstić information content (AvgIpc) is 2.67. The molecular weight excluding hydrogens is 334 g/mol. The van der Waals surface area contributed by atoms with Crippen LogP contribution in [-0.4, -0.2) is 29.0 Å². The van der Waals surface area contributed by atoms with E-state index in [1.807, 2.05) is 54.6 Å². The second-order valence-corrected chi connectivity index (χ2v) is 5.89. The second kappa shape index (κ2) is 8.27. The Kier molecular flexibility index (Phi) is 5.60. The standard InChI is InChI=1S/C19H17N3O2S/c20-11-4-12-22-18(25)14-24-19(21-22)16-7-9-17(10-8-16)23-13-15-5-2-1-3-6-15/h1-3,5-10H,4,12-14H2. The van der Waals surface area contributed by atoms with Crippen LogP contribution in [0.25, 0.3) is 0 Å². The molecule has 0 aromatic heterocycles. The van der Waals surface area contributed by atoms with E-state index in [2.05, 4.69) is 11.2 Å². The summed E-state index contributed by atoms with van der Waals surface area (Å²) >= 11 is 5.21. The zero-order valence-corrected chi connectivity index (χ0v) is 14.4. The molecule has 0 saturated heterocycles. The Morgan fingerprint density at radius 3 is 2.64 bits per heavy atom. The molecule has 25 heavy (non-hydrogen) atoms. The van der Waals surface area contributed by atoms with Crippen LogP contribution in [0.2, 0.25) is 0 Å². The van der Waals surface area contributed by atoms with Gasteiger partial charge >= 0.3 is 0 Å². The first-order chi connectivity index (χ1) is 12.3. The van der Waals surface area contributed by atoms with Crippen molar-refractivity contribution in [3.05, 3.63) is 65.7 Å². The van der Waals surface area contributed by atoms with Crippen LogP contribution < -0.4 is 4.74 Å². The van der Waals surface area contributed by atoms with Crippen molar-refractivity contribution in [3.63, 3.8) is 0 Å². The van der Waals surface area contributed by atoms with Crippen molar-refractivity contribution < 1.29 is 9.47 Å². The molecule has 0 spiro atoms. The molecule has 1 aliphatic rings. The lowest BCUT2D eigenvalue weighted by Crippen LogP contribution is -2.36. The smallest absolute Gasteiger partial charge is 0.239 e. The molecule has 1 heterocycles. The van der Waals surface area contributed by atoms with Gasteiger partial charge in [-0.2, -0.15) is 5.26 Å². The van der Waals surface area contributed by atoms with Gasteiger partial charge in [-0.25, -0.2) is 0 Å². The van der Waals surface area contributed by atoms with Crippen molar-refractivity contribution in [2.24, 2.45) is 5.10 Å². The van der Waals surface area contributed by atoms with Gasteiger partial charge in [-0.05, 0) is 29.8 Å². The lowest BCUT2D eigenvalue weighted by Gasteiger charge is -2.25. The van der Waals surface area contributed by atoms with E-state index in [1.165, 1.54) is 0 Å². The summed E-state index contributed by atoms with van der Waals surface area (Å²) in [4.78, 5) is 0.585. The summed E-state index contributed by atoms with van der Waals surface area (Å²) in [7, 11) is 0. The first-order valence-electron chi connectivity index (χ1n) is 7.92. The molecule has 3 rings (SSSR count). The van der Waals surface area contributed by atoms with E-state index in [-0.39, 0.29) is 0 Å². The summed E-state index contributed by atoms with van der Waals surface area (Å²) in [6.45, 7) is 1.29. The summed E-state index contributed by atoms with van der Waals surface area (Å²) in [5.74, 6) is 1.28. The molecule has 0 aliphatic carbocycles. The molecule has 0 saturated carbocycles. The minimum atomic E-state index is 0.297. The molecule has 2 aromatic rings. The van der Waals surface area contributed by atoms with Gasteiger partial charge in [-0.1, -0.05) is 42.5 Å². The maximum absolute atomic E-state index is 8.72. The molecule has 0 radical (unpaired) electrons. The molecular formula is C19H17N3O2S. The SMILES string of the molecule is N#CCCN1N=C(c2ccc(OCc3ccccc3)cc2)OCC1=S. The summed E-state index contributed by atoms with van der Waals surface area (Å²) in [5.41, 5.74) is 1.96. The van der Waals surface area contributed by atoms with E-state index in [0.717, 1.165) is 16.9 Å². The second-order valence-electron chi connectivity index (χ2n) is 5.42. The predicted molar refractivity (Wildman–Crippen MR) is 99.2 cm³/mol. The van der Waals surface area contributed by atoms with Crippen LogP contribution in [-0.2, 0) is 11.3 Å². The van der Waals surface area contributed by atoms with Gasteiger partial charge in [-0.3, -0.25) is 5.01 Å². The third kappa shape index (κ3) is 4.55. The van der Waals surface area contributed by atoms with E-state index in [4.69, 9.17) is 27.0 Å². The summed E-state index contributed by atoms with van der Waals surface area (Å²) in [5, 5.41) is 14.8. The number of ether oxygens (including phenoxy) is 2. The maximum atomic E-state index is 8.72. The van der Waals surface area contributed by atoms with Crippen LogP contribution >= 0.6 is 12.2 Å². The van der Waals surface area contributed by atoms with Gasteiger partial charge in [0, 0.05) is 5.56 Å². The van der Waals surface area contributed by atoms with Crippen LogP contribution in [0.3, 0.4) is 0 Å². The molecule has 126 valence electrons. The van der Waals surface area contributed by atoms with Crippen molar-refractivity contribution in [3.8, 4) is 11.8 Å². The monoisotopic (exact) mass is 351 g/mol. The van der Waals surface area contributed by atoms with E-state index in [9.17, 15) is 0 Å². The Morgan fingerprint density at radius 1 is 1.16 bits per heavy atom. The van der Waals surface area contributed by atoms with Gasteiger partial charge in [0.05, 0.1) is 19.0 Å². The van der Waals surface area contributed by atoms with Crippen LogP contribution in [0.4, 0.5) is 0 Å². The molecule has 6 heteroatoms. The third-order valence-corrected chi connectivity index (χ3v) is 3.95. The minimum absolute atomic E-state index is 0.297. The van der Waals surface area contributed by atoms with Crippen LogP contribution in [0.1, 0.15) is 17.5 Å². The van der Waals surface area contributed by atoms with Crippen molar-refractivity contribution >= 4 is 23.1 Å². The molecule has 2 aromatic carbocycles. The lowest BCUT2D eigenvalue weighted by atomic mass is 10.2. The average molecular weight is 351 g/mol. The molecule has 1 aliphatic heterocycles. The van der Waals surface area contributed by atoms with Crippen LogP contribution in [0.15, 0.2) is 59.7 Å². The number of hydrogen-bond acceptors (Lipinski definition) is 5. The Hall–Kier alpha value is -2.91. The summed E-state index contributed by atoms with van der Waals surface area (Å²) in [6.07, 6.45) is 0.364. The van der Waals surface area contributed by atoms with E-state index in [1.54, 1.807) is 5.01 Å². The highest BCUT2D eigenvalue weighted by atomic mass is 32.1. The number of rotatable bonds is 6. The first kappa shape index (κ1) is 16.9. The number of thiocarbonyl (C=S) groups is 1. The van der Waals surface area contributed by atoms with Crippen LogP contribution in [0.5, 0.6) is 5.75 Å². The third-order valence-electron chi connectivity index (χ3n) is 3.62. The highest BCUT2D eigenvalue weighted by molar-refractivity contribution is 7.80. The fraction of sp³-hybridized carbons (Fsp3) is 0.211. The Bertz CT molecular complexity index is 798. The van der Waals surface area contributed by atoms with E-state index < -0.39 is 0 Å². The fourth-order valence-electron chi connectivity index (χ4n) is 2.31. The Balaban J connectivity index is 1.65. The van der Waals surface area contributed by atoms with Gasteiger partial charge in [0.15, 0.2) is 0 Å². The number of nitrogens with zero attached hydrogens (tertiary/aromatic N) is 3. The topological polar surface area (TPSA) is 57.9 Å². The summed E-state index contributed by atoms with van der Waals surface area (Å²) in [6, 6.07) is 19.7. The number of hydrogen-bond donors (Lipinski definition) is 0. The predicted octanol–water partition coefficient (Wildman–Crippen LogP) is 3.50. The van der Waals surface area contributed by atoms with Crippen LogP contribution in [0, 0.1) is 11.3 Å². The van der Waals surface area contributed by atoms with E-state index >= 15 is 0 Å². The van der Waals surface area contributed by atoms with Gasteiger partial charge in [-0.15, -0.1) is 5.10 Å². The molecule has 0 N–H and O–H groups in total. The highest BCUT2D eigenvalue weighted by Crippen LogP contribution is 2.17. The van der Waals surface area contributed by atoms with Crippen molar-refractivity contribution in [1.29, 1.82) is 5.26 Å². The van der Waals surface area contributed by atoms with Gasteiger partial charge in [0.2, 0.25) is 5.90 Å². The maximum Gasteiger partial charge on any atom is 0.239 e. The Labute approximate surface area is 152 Å². The zero-order valence-electron chi connectivity index (χ0n) is 13.6. The molecule has 0 amide bonds. The van der Waals surface area contributed by atoms with Gasteiger partial charge in [0.25, 0.3) is 0 Å².